The van der Waals surface area contributed by atoms with E-state index in [-0.39, 0.29) is 12.5 Å². The minimum atomic E-state index is -0.742. The van der Waals surface area contributed by atoms with Crippen LogP contribution in [0.4, 0.5) is 0 Å². The van der Waals surface area contributed by atoms with Crippen LogP contribution in [0, 0.1) is 0 Å². The minimum Gasteiger partial charge on any atom is -0.496 e. The van der Waals surface area contributed by atoms with E-state index in [2.05, 4.69) is 0 Å². The molecule has 124 valence electrons. The summed E-state index contributed by atoms with van der Waals surface area (Å²) in [7, 11) is 3.22. The third-order valence-electron chi connectivity index (χ3n) is 4.05. The van der Waals surface area contributed by atoms with Crippen LogP contribution in [0.3, 0.4) is 0 Å². The van der Waals surface area contributed by atoms with Gasteiger partial charge in [0.2, 0.25) is 0 Å². The Labute approximate surface area is 137 Å². The second-order valence-electron chi connectivity index (χ2n) is 5.40. The average Bonchev–Trinajstić information content (AvgIpc) is 2.62. The molecular formula is C19H24O4. The Bertz CT molecular complexity index is 612. The van der Waals surface area contributed by atoms with Crippen LogP contribution < -0.4 is 9.47 Å². The lowest BCUT2D eigenvalue weighted by Crippen LogP contribution is -2.14. The van der Waals surface area contributed by atoms with Gasteiger partial charge in [0.15, 0.2) is 0 Å². The van der Waals surface area contributed by atoms with Crippen LogP contribution in [-0.2, 0) is 0 Å². The average molecular weight is 316 g/mol. The topological polar surface area (TPSA) is 58.9 Å². The van der Waals surface area contributed by atoms with Crippen molar-refractivity contribution in [2.75, 3.05) is 20.8 Å². The summed E-state index contributed by atoms with van der Waals surface area (Å²) in [6.07, 6.45) is 0.513. The van der Waals surface area contributed by atoms with E-state index in [1.165, 1.54) is 0 Å². The van der Waals surface area contributed by atoms with Gasteiger partial charge in [-0.2, -0.15) is 0 Å². The highest BCUT2D eigenvalue weighted by atomic mass is 16.5. The van der Waals surface area contributed by atoms with Crippen LogP contribution >= 0.6 is 0 Å². The molecule has 0 bridgehead atoms. The number of aliphatic hydroxyl groups excluding tert-OH is 2. The summed E-state index contributed by atoms with van der Waals surface area (Å²) < 4.78 is 10.8. The van der Waals surface area contributed by atoms with Crippen LogP contribution in [-0.4, -0.2) is 31.0 Å². The molecule has 23 heavy (non-hydrogen) atoms. The zero-order valence-electron chi connectivity index (χ0n) is 13.6. The van der Waals surface area contributed by atoms with Gasteiger partial charge in [0.1, 0.15) is 11.5 Å². The van der Waals surface area contributed by atoms with E-state index in [9.17, 15) is 10.2 Å². The van der Waals surface area contributed by atoms with E-state index in [0.29, 0.717) is 18.6 Å². The normalized spacial score (nSPS) is 13.4. The Morgan fingerprint density at radius 3 is 1.96 bits per heavy atom. The number of aliphatic hydroxyl groups is 2. The number of para-hydroxylation sites is 2. The van der Waals surface area contributed by atoms with Crippen molar-refractivity contribution in [3.05, 3.63) is 59.7 Å². The molecule has 2 rings (SSSR count). The van der Waals surface area contributed by atoms with E-state index in [1.807, 2.05) is 48.5 Å². The molecule has 0 spiro atoms. The van der Waals surface area contributed by atoms with Crippen molar-refractivity contribution in [2.24, 2.45) is 0 Å². The van der Waals surface area contributed by atoms with Gasteiger partial charge in [-0.05, 0) is 25.0 Å². The fraction of sp³-hybridized carbons (Fsp3) is 0.368. The lowest BCUT2D eigenvalue weighted by atomic mass is 9.85. The molecule has 0 fully saturated rings. The third kappa shape index (κ3) is 4.03. The number of hydrogen-bond acceptors (Lipinski definition) is 4. The standard InChI is InChI=1S/C19H24O4/c1-22-17-11-5-3-8-14(17)15(10-7-13-20)19(21)16-9-4-6-12-18(16)23-2/h3-6,8-9,11-12,15,19-21H,7,10,13H2,1-2H3/t15-,19+/m1/s1. The van der Waals surface area contributed by atoms with Gasteiger partial charge in [-0.25, -0.2) is 0 Å². The summed E-state index contributed by atoms with van der Waals surface area (Å²) in [5.74, 6) is 1.21. The number of methoxy groups -OCH3 is 2. The Morgan fingerprint density at radius 2 is 1.39 bits per heavy atom. The lowest BCUT2D eigenvalue weighted by molar-refractivity contribution is 0.130. The summed E-state index contributed by atoms with van der Waals surface area (Å²) in [4.78, 5) is 0. The zero-order valence-corrected chi connectivity index (χ0v) is 13.6. The maximum atomic E-state index is 11.0. The summed E-state index contributed by atoms with van der Waals surface area (Å²) in [6.45, 7) is 0.0876. The summed E-state index contributed by atoms with van der Waals surface area (Å²) >= 11 is 0. The van der Waals surface area contributed by atoms with Crippen molar-refractivity contribution in [2.45, 2.75) is 24.9 Å². The molecule has 4 nitrogen and oxygen atoms in total. The van der Waals surface area contributed by atoms with Gasteiger partial charge in [-0.15, -0.1) is 0 Å². The molecule has 2 atom stereocenters. The van der Waals surface area contributed by atoms with Crippen LogP contribution in [0.25, 0.3) is 0 Å². The van der Waals surface area contributed by atoms with Crippen molar-refractivity contribution >= 4 is 0 Å². The molecule has 2 aromatic carbocycles. The van der Waals surface area contributed by atoms with Crippen LogP contribution in [0.15, 0.2) is 48.5 Å². The fourth-order valence-electron chi connectivity index (χ4n) is 2.89. The number of ether oxygens (including phenoxy) is 2. The van der Waals surface area contributed by atoms with E-state index in [4.69, 9.17) is 9.47 Å². The molecule has 0 heterocycles. The Hall–Kier alpha value is -2.04. The molecule has 0 aliphatic rings. The molecule has 0 unspecified atom stereocenters. The van der Waals surface area contributed by atoms with E-state index < -0.39 is 6.10 Å². The monoisotopic (exact) mass is 316 g/mol. The van der Waals surface area contributed by atoms with Gasteiger partial charge in [0.25, 0.3) is 0 Å². The first-order chi connectivity index (χ1) is 11.2. The smallest absolute Gasteiger partial charge is 0.124 e. The Morgan fingerprint density at radius 1 is 0.870 bits per heavy atom. The molecule has 4 heteroatoms. The third-order valence-corrected chi connectivity index (χ3v) is 4.05. The van der Waals surface area contributed by atoms with Crippen LogP contribution in [0.2, 0.25) is 0 Å². The first kappa shape index (κ1) is 17.3. The Kier molecular flexibility index (Phi) is 6.44. The first-order valence-electron chi connectivity index (χ1n) is 7.77. The predicted molar refractivity (Wildman–Crippen MR) is 90.0 cm³/mol. The van der Waals surface area contributed by atoms with Crippen molar-refractivity contribution < 1.29 is 19.7 Å². The van der Waals surface area contributed by atoms with Gasteiger partial charge in [0.05, 0.1) is 20.3 Å². The predicted octanol–water partition coefficient (Wildman–Crippen LogP) is 3.29. The number of benzene rings is 2. The molecule has 0 aromatic heterocycles. The fourth-order valence-corrected chi connectivity index (χ4v) is 2.89. The Balaban J connectivity index is 2.41. The lowest BCUT2D eigenvalue weighted by Gasteiger charge is -2.26. The number of hydrogen-bond donors (Lipinski definition) is 2. The highest BCUT2D eigenvalue weighted by Gasteiger charge is 2.27. The molecule has 0 aliphatic heterocycles. The van der Waals surface area contributed by atoms with E-state index >= 15 is 0 Å². The van der Waals surface area contributed by atoms with Crippen molar-refractivity contribution in [1.29, 1.82) is 0 Å². The van der Waals surface area contributed by atoms with Crippen molar-refractivity contribution in [3.63, 3.8) is 0 Å². The van der Waals surface area contributed by atoms with E-state index in [1.54, 1.807) is 14.2 Å². The quantitative estimate of drug-likeness (QED) is 0.784. The zero-order chi connectivity index (χ0) is 16.7. The van der Waals surface area contributed by atoms with Crippen LogP contribution in [0.1, 0.15) is 36.0 Å². The second-order valence-corrected chi connectivity index (χ2v) is 5.40. The maximum Gasteiger partial charge on any atom is 0.124 e. The van der Waals surface area contributed by atoms with E-state index in [0.717, 1.165) is 16.9 Å². The van der Waals surface area contributed by atoms with Gasteiger partial charge in [0, 0.05) is 23.7 Å². The largest absolute Gasteiger partial charge is 0.496 e. The second kappa shape index (κ2) is 8.56. The summed E-state index contributed by atoms with van der Waals surface area (Å²) in [5, 5.41) is 20.2. The first-order valence-corrected chi connectivity index (χ1v) is 7.77. The maximum absolute atomic E-state index is 11.0. The summed E-state index contributed by atoms with van der Waals surface area (Å²) in [6, 6.07) is 15.1. The van der Waals surface area contributed by atoms with Gasteiger partial charge < -0.3 is 19.7 Å². The molecule has 0 radical (unpaired) electrons. The molecule has 0 saturated heterocycles. The molecule has 2 aromatic rings. The van der Waals surface area contributed by atoms with Gasteiger partial charge in [-0.1, -0.05) is 36.4 Å². The van der Waals surface area contributed by atoms with Gasteiger partial charge in [-0.3, -0.25) is 0 Å². The van der Waals surface area contributed by atoms with Crippen LogP contribution in [0.5, 0.6) is 11.5 Å². The summed E-state index contributed by atoms with van der Waals surface area (Å²) in [5.41, 5.74) is 1.67. The van der Waals surface area contributed by atoms with Crippen molar-refractivity contribution in [3.8, 4) is 11.5 Å². The molecule has 0 saturated carbocycles. The minimum absolute atomic E-state index is 0.0876. The number of rotatable bonds is 8. The molecule has 0 aliphatic carbocycles. The molecule has 0 amide bonds. The highest BCUT2D eigenvalue weighted by Crippen LogP contribution is 2.41. The van der Waals surface area contributed by atoms with Gasteiger partial charge >= 0.3 is 0 Å². The highest BCUT2D eigenvalue weighted by molar-refractivity contribution is 5.41. The molecule has 2 N–H and O–H groups in total. The SMILES string of the molecule is COc1ccccc1[C@@H](O)[C@H](CCCO)c1ccccc1OC. The van der Waals surface area contributed by atoms with Crippen molar-refractivity contribution in [1.82, 2.24) is 0 Å². The molecular weight excluding hydrogens is 292 g/mol.